The van der Waals surface area contributed by atoms with E-state index in [0.717, 1.165) is 33.6 Å². The van der Waals surface area contributed by atoms with Crippen molar-refractivity contribution in [2.75, 3.05) is 11.1 Å². The standard InChI is InChI=1S/C14H9F2N3OS/c15-7-1-2-10(9(16)5-7)19-14(20)13-12(17)8-3-4-18-6-11(8)21-13/h1-6H,17H2,(H,19,20). The highest BCUT2D eigenvalue weighted by molar-refractivity contribution is 7.21. The summed E-state index contributed by atoms with van der Waals surface area (Å²) in [4.78, 5) is 16.4. The van der Waals surface area contributed by atoms with E-state index in [9.17, 15) is 13.6 Å². The van der Waals surface area contributed by atoms with Crippen LogP contribution in [0.15, 0.2) is 36.7 Å². The second-order valence-corrected chi connectivity index (χ2v) is 5.35. The number of carbonyl (C=O) groups excluding carboxylic acids is 1. The third-order valence-electron chi connectivity index (χ3n) is 2.92. The lowest BCUT2D eigenvalue weighted by Gasteiger charge is -2.05. The Balaban J connectivity index is 1.95. The number of benzene rings is 1. The lowest BCUT2D eigenvalue weighted by atomic mass is 10.2. The number of aromatic nitrogens is 1. The van der Waals surface area contributed by atoms with Gasteiger partial charge in [0.15, 0.2) is 0 Å². The number of nitrogen functional groups attached to an aromatic ring is 1. The van der Waals surface area contributed by atoms with Crippen molar-refractivity contribution < 1.29 is 13.6 Å². The maximum Gasteiger partial charge on any atom is 0.267 e. The number of hydrogen-bond acceptors (Lipinski definition) is 4. The highest BCUT2D eigenvalue weighted by atomic mass is 32.1. The molecule has 0 fully saturated rings. The Morgan fingerprint density at radius 3 is 2.81 bits per heavy atom. The largest absolute Gasteiger partial charge is 0.397 e. The van der Waals surface area contributed by atoms with Crippen LogP contribution in [0.25, 0.3) is 10.1 Å². The van der Waals surface area contributed by atoms with E-state index in [1.807, 2.05) is 0 Å². The summed E-state index contributed by atoms with van der Waals surface area (Å²) in [5.41, 5.74) is 6.14. The molecule has 0 radical (unpaired) electrons. The first kappa shape index (κ1) is 13.4. The molecule has 21 heavy (non-hydrogen) atoms. The van der Waals surface area contributed by atoms with Crippen molar-refractivity contribution in [3.05, 3.63) is 53.2 Å². The van der Waals surface area contributed by atoms with Gasteiger partial charge in [-0.1, -0.05) is 0 Å². The van der Waals surface area contributed by atoms with E-state index >= 15 is 0 Å². The minimum Gasteiger partial charge on any atom is -0.397 e. The van der Waals surface area contributed by atoms with Crippen LogP contribution in [0, 0.1) is 11.6 Å². The van der Waals surface area contributed by atoms with Crippen molar-refractivity contribution >= 4 is 38.7 Å². The first-order chi connectivity index (χ1) is 10.1. The predicted molar refractivity (Wildman–Crippen MR) is 78.3 cm³/mol. The average molecular weight is 305 g/mol. The fraction of sp³-hybridized carbons (Fsp3) is 0. The van der Waals surface area contributed by atoms with Crippen molar-refractivity contribution in [3.63, 3.8) is 0 Å². The van der Waals surface area contributed by atoms with Crippen molar-refractivity contribution in [2.45, 2.75) is 0 Å². The van der Waals surface area contributed by atoms with Crippen LogP contribution in [0.4, 0.5) is 20.2 Å². The smallest absolute Gasteiger partial charge is 0.267 e. The topological polar surface area (TPSA) is 68.0 Å². The number of fused-ring (bicyclic) bond motifs is 1. The molecule has 0 unspecified atom stereocenters. The number of hydrogen-bond donors (Lipinski definition) is 2. The number of thiophene rings is 1. The molecule has 3 rings (SSSR count). The summed E-state index contributed by atoms with van der Waals surface area (Å²) in [6.07, 6.45) is 3.18. The third-order valence-corrected chi connectivity index (χ3v) is 4.07. The number of amides is 1. The van der Waals surface area contributed by atoms with E-state index < -0.39 is 17.5 Å². The van der Waals surface area contributed by atoms with Gasteiger partial charge in [-0.2, -0.15) is 0 Å². The molecule has 106 valence electrons. The molecule has 0 aliphatic carbocycles. The molecule has 0 saturated carbocycles. The number of halogens is 2. The molecule has 3 N–H and O–H groups in total. The maximum absolute atomic E-state index is 13.5. The Bertz CT molecular complexity index is 847. The number of rotatable bonds is 2. The molecule has 2 aromatic heterocycles. The van der Waals surface area contributed by atoms with E-state index in [2.05, 4.69) is 10.3 Å². The number of carbonyl (C=O) groups is 1. The van der Waals surface area contributed by atoms with Crippen molar-refractivity contribution in [1.29, 1.82) is 0 Å². The van der Waals surface area contributed by atoms with Crippen LogP contribution in [0.2, 0.25) is 0 Å². The fourth-order valence-electron chi connectivity index (χ4n) is 1.91. The second kappa shape index (κ2) is 5.10. The van der Waals surface area contributed by atoms with Gasteiger partial charge in [0.2, 0.25) is 0 Å². The quantitative estimate of drug-likeness (QED) is 0.762. The van der Waals surface area contributed by atoms with Crippen LogP contribution in [-0.4, -0.2) is 10.9 Å². The van der Waals surface area contributed by atoms with Crippen LogP contribution < -0.4 is 11.1 Å². The first-order valence-corrected chi connectivity index (χ1v) is 6.76. The summed E-state index contributed by atoms with van der Waals surface area (Å²) >= 11 is 1.16. The van der Waals surface area contributed by atoms with Crippen LogP contribution >= 0.6 is 11.3 Å². The number of nitrogens with one attached hydrogen (secondary N) is 1. The molecule has 0 aliphatic rings. The number of nitrogens with two attached hydrogens (primary N) is 1. The van der Waals surface area contributed by atoms with Gasteiger partial charge in [-0.3, -0.25) is 9.78 Å². The molecular weight excluding hydrogens is 296 g/mol. The van der Waals surface area contributed by atoms with Crippen molar-refractivity contribution in [2.24, 2.45) is 0 Å². The van der Waals surface area contributed by atoms with Crippen LogP contribution in [-0.2, 0) is 0 Å². The zero-order valence-corrected chi connectivity index (χ0v) is 11.4. The van der Waals surface area contributed by atoms with Crippen LogP contribution in [0.1, 0.15) is 9.67 Å². The van der Waals surface area contributed by atoms with Gasteiger partial charge in [0.05, 0.1) is 16.1 Å². The van der Waals surface area contributed by atoms with Crippen molar-refractivity contribution in [1.82, 2.24) is 4.98 Å². The molecule has 0 bridgehead atoms. The van der Waals surface area contributed by atoms with E-state index in [-0.39, 0.29) is 10.6 Å². The monoisotopic (exact) mass is 305 g/mol. The van der Waals surface area contributed by atoms with Gasteiger partial charge in [0.1, 0.15) is 16.5 Å². The first-order valence-electron chi connectivity index (χ1n) is 5.94. The molecular formula is C14H9F2N3OS. The predicted octanol–water partition coefficient (Wildman–Crippen LogP) is 3.41. The Morgan fingerprint density at radius 2 is 2.10 bits per heavy atom. The van der Waals surface area contributed by atoms with E-state index in [0.29, 0.717) is 11.8 Å². The summed E-state index contributed by atoms with van der Waals surface area (Å²) in [6.45, 7) is 0. The molecule has 0 spiro atoms. The van der Waals surface area contributed by atoms with Gasteiger partial charge in [-0.25, -0.2) is 8.78 Å². The van der Waals surface area contributed by atoms with E-state index in [4.69, 9.17) is 5.73 Å². The summed E-state index contributed by atoms with van der Waals surface area (Å²) in [5, 5.41) is 3.11. The summed E-state index contributed by atoms with van der Waals surface area (Å²) in [6, 6.07) is 4.63. The Hall–Kier alpha value is -2.54. The summed E-state index contributed by atoms with van der Waals surface area (Å²) < 4.78 is 27.1. The normalized spacial score (nSPS) is 10.8. The van der Waals surface area contributed by atoms with E-state index in [1.165, 1.54) is 0 Å². The molecule has 0 atom stereocenters. The summed E-state index contributed by atoms with van der Waals surface area (Å²) in [5.74, 6) is -2.10. The maximum atomic E-state index is 13.5. The zero-order valence-electron chi connectivity index (χ0n) is 10.6. The lowest BCUT2D eigenvalue weighted by molar-refractivity contribution is 0.103. The second-order valence-electron chi connectivity index (χ2n) is 4.29. The Labute approximate surface area is 122 Å². The number of anilines is 2. The van der Waals surface area contributed by atoms with Gasteiger partial charge >= 0.3 is 0 Å². The Morgan fingerprint density at radius 1 is 1.29 bits per heavy atom. The van der Waals surface area contributed by atoms with E-state index in [1.54, 1.807) is 18.5 Å². The molecule has 3 aromatic rings. The molecule has 7 heteroatoms. The lowest BCUT2D eigenvalue weighted by Crippen LogP contribution is -2.13. The minimum absolute atomic E-state index is 0.101. The van der Waals surface area contributed by atoms with Crippen LogP contribution in [0.5, 0.6) is 0 Å². The molecule has 0 saturated heterocycles. The highest BCUT2D eigenvalue weighted by Crippen LogP contribution is 2.33. The highest BCUT2D eigenvalue weighted by Gasteiger charge is 2.17. The third kappa shape index (κ3) is 2.43. The SMILES string of the molecule is Nc1c(C(=O)Nc2ccc(F)cc2F)sc2cnccc12. The Kier molecular flexibility index (Phi) is 3.26. The zero-order chi connectivity index (χ0) is 15.0. The molecule has 1 aromatic carbocycles. The van der Waals surface area contributed by atoms with Gasteiger partial charge < -0.3 is 11.1 Å². The molecule has 2 heterocycles. The van der Waals surface area contributed by atoms with Gasteiger partial charge in [-0.15, -0.1) is 11.3 Å². The summed E-state index contributed by atoms with van der Waals surface area (Å²) in [7, 11) is 0. The van der Waals surface area contributed by atoms with Gasteiger partial charge in [0, 0.05) is 23.8 Å². The number of pyridine rings is 1. The molecule has 1 amide bonds. The average Bonchev–Trinajstić information content (AvgIpc) is 2.80. The molecule has 4 nitrogen and oxygen atoms in total. The van der Waals surface area contributed by atoms with Gasteiger partial charge in [-0.05, 0) is 18.2 Å². The van der Waals surface area contributed by atoms with Crippen molar-refractivity contribution in [3.8, 4) is 0 Å². The van der Waals surface area contributed by atoms with Gasteiger partial charge in [0.25, 0.3) is 5.91 Å². The number of nitrogens with zero attached hydrogens (tertiary/aromatic N) is 1. The fourth-order valence-corrected chi connectivity index (χ4v) is 2.89. The van der Waals surface area contributed by atoms with Crippen LogP contribution in [0.3, 0.4) is 0 Å². The minimum atomic E-state index is -0.843. The molecule has 0 aliphatic heterocycles.